The lowest BCUT2D eigenvalue weighted by Gasteiger charge is -2.18. The molecule has 6 heteroatoms. The Morgan fingerprint density at radius 1 is 0.263 bits per heavy atom. The number of ether oxygens (including phenoxy) is 3. The number of hydrogen-bond donors (Lipinski definition) is 0. The molecule has 0 aromatic rings. The Labute approximate surface area is 495 Å². The fourth-order valence-electron chi connectivity index (χ4n) is 9.42. The van der Waals surface area contributed by atoms with Gasteiger partial charge in [0.1, 0.15) is 13.2 Å². The number of rotatable bonds is 61. The van der Waals surface area contributed by atoms with Gasteiger partial charge in [-0.05, 0) is 122 Å². The minimum Gasteiger partial charge on any atom is -0.462 e. The second-order valence-electron chi connectivity index (χ2n) is 22.3. The van der Waals surface area contributed by atoms with Gasteiger partial charge in [-0.3, -0.25) is 14.4 Å². The molecule has 0 N–H and O–H groups in total. The molecule has 0 aromatic carbocycles. The van der Waals surface area contributed by atoms with Crippen molar-refractivity contribution >= 4 is 17.9 Å². The third-order valence-electron chi connectivity index (χ3n) is 14.5. The summed E-state index contributed by atoms with van der Waals surface area (Å²) in [5, 5.41) is 0. The maximum absolute atomic E-state index is 12.9. The zero-order valence-corrected chi connectivity index (χ0v) is 52.6. The van der Waals surface area contributed by atoms with Gasteiger partial charge in [-0.25, -0.2) is 0 Å². The van der Waals surface area contributed by atoms with Crippen molar-refractivity contribution in [2.45, 2.75) is 329 Å². The lowest BCUT2D eigenvalue weighted by atomic mass is 10.1. The van der Waals surface area contributed by atoms with Gasteiger partial charge >= 0.3 is 17.9 Å². The third kappa shape index (κ3) is 64.9. The van der Waals surface area contributed by atoms with E-state index in [1.807, 2.05) is 0 Å². The molecule has 80 heavy (non-hydrogen) atoms. The standard InChI is InChI=1S/C74H126O6/c1-4-7-10-13-16-19-22-24-26-28-30-32-33-34-35-36-37-38-39-40-41-43-44-46-48-50-52-55-58-61-64-67-73(76)79-70-71(69-78-72(75)66-63-60-57-54-21-18-15-12-9-6-3)80-74(77)68-65-62-59-56-53-51-49-47-45-42-31-29-27-25-23-20-17-14-11-8-5-2/h7,10,12,15-16,19,24,26,29-32,34-35,37-38,40-41,71H,4-6,8-9,11,13-14,17-18,20-23,25,27-28,33,36,39,42-70H2,1-3H3/b10-7-,15-12-,19-16-,26-24-,31-29-,32-30-,35-34-,38-37-,41-40-. The minimum atomic E-state index is -0.786. The molecule has 0 aliphatic rings. The van der Waals surface area contributed by atoms with Gasteiger partial charge in [-0.15, -0.1) is 0 Å². The van der Waals surface area contributed by atoms with E-state index >= 15 is 0 Å². The molecule has 0 radical (unpaired) electrons. The smallest absolute Gasteiger partial charge is 0.306 e. The van der Waals surface area contributed by atoms with Crippen LogP contribution >= 0.6 is 0 Å². The molecule has 458 valence electrons. The Morgan fingerprint density at radius 2 is 0.512 bits per heavy atom. The van der Waals surface area contributed by atoms with Gasteiger partial charge in [0.25, 0.3) is 0 Å². The maximum Gasteiger partial charge on any atom is 0.306 e. The zero-order valence-electron chi connectivity index (χ0n) is 52.6. The van der Waals surface area contributed by atoms with Gasteiger partial charge in [0.2, 0.25) is 0 Å². The molecule has 0 heterocycles. The summed E-state index contributed by atoms with van der Waals surface area (Å²) in [6.45, 7) is 6.48. The molecule has 0 amide bonds. The fourth-order valence-corrected chi connectivity index (χ4v) is 9.42. The molecule has 0 bridgehead atoms. The number of allylic oxidation sites excluding steroid dienone is 18. The number of hydrogen-bond acceptors (Lipinski definition) is 6. The maximum atomic E-state index is 12.9. The lowest BCUT2D eigenvalue weighted by molar-refractivity contribution is -0.167. The summed E-state index contributed by atoms with van der Waals surface area (Å²) in [6, 6.07) is 0. The van der Waals surface area contributed by atoms with E-state index in [1.165, 1.54) is 161 Å². The lowest BCUT2D eigenvalue weighted by Crippen LogP contribution is -2.30. The number of carbonyl (C=O) groups is 3. The summed E-state index contributed by atoms with van der Waals surface area (Å²) >= 11 is 0. The van der Waals surface area contributed by atoms with E-state index in [1.54, 1.807) is 0 Å². The predicted octanol–water partition coefficient (Wildman–Crippen LogP) is 23.4. The van der Waals surface area contributed by atoms with Crippen LogP contribution in [-0.4, -0.2) is 37.2 Å². The predicted molar refractivity (Wildman–Crippen MR) is 348 cm³/mol. The second kappa shape index (κ2) is 67.6. The average Bonchev–Trinajstić information content (AvgIpc) is 3.46. The molecule has 0 saturated heterocycles. The first-order chi connectivity index (χ1) is 39.5. The van der Waals surface area contributed by atoms with Gasteiger partial charge < -0.3 is 14.2 Å². The highest BCUT2D eigenvalue weighted by atomic mass is 16.6. The van der Waals surface area contributed by atoms with E-state index in [-0.39, 0.29) is 31.1 Å². The van der Waals surface area contributed by atoms with Crippen LogP contribution in [0.1, 0.15) is 323 Å². The molecule has 0 aliphatic heterocycles. The summed E-state index contributed by atoms with van der Waals surface area (Å²) in [7, 11) is 0. The van der Waals surface area contributed by atoms with E-state index in [0.717, 1.165) is 122 Å². The molecule has 1 atom stereocenters. The Hall–Kier alpha value is -3.93. The largest absolute Gasteiger partial charge is 0.462 e. The zero-order chi connectivity index (χ0) is 57.8. The van der Waals surface area contributed by atoms with Crippen LogP contribution in [0.3, 0.4) is 0 Å². The summed E-state index contributed by atoms with van der Waals surface area (Å²) in [5.41, 5.74) is 0. The van der Waals surface area contributed by atoms with Crippen molar-refractivity contribution in [1.29, 1.82) is 0 Å². The van der Waals surface area contributed by atoms with Crippen LogP contribution in [0.25, 0.3) is 0 Å². The Morgan fingerprint density at radius 3 is 0.825 bits per heavy atom. The van der Waals surface area contributed by atoms with Crippen molar-refractivity contribution in [3.63, 3.8) is 0 Å². The SMILES string of the molecule is CC/C=C\C/C=C\C/C=C\C/C=C\C/C=C\C/C=C\C/C=C\CCCCCCCCCCCC(=O)OCC(COC(=O)CCCCCCC/C=C\CCC)OC(=O)CCCCCCCCCCC/C=C\CCCCCCCCCC. The number of unbranched alkanes of at least 4 members (excludes halogenated alkanes) is 32. The molecule has 0 saturated carbocycles. The Balaban J connectivity index is 4.23. The van der Waals surface area contributed by atoms with E-state index in [9.17, 15) is 14.4 Å². The molecule has 0 spiro atoms. The van der Waals surface area contributed by atoms with Crippen LogP contribution < -0.4 is 0 Å². The van der Waals surface area contributed by atoms with Crippen molar-refractivity contribution in [1.82, 2.24) is 0 Å². The van der Waals surface area contributed by atoms with Crippen LogP contribution in [0.15, 0.2) is 109 Å². The normalized spacial score (nSPS) is 12.8. The van der Waals surface area contributed by atoms with Crippen molar-refractivity contribution in [3.05, 3.63) is 109 Å². The van der Waals surface area contributed by atoms with E-state index in [4.69, 9.17) is 14.2 Å². The summed E-state index contributed by atoms with van der Waals surface area (Å²) in [4.78, 5) is 38.3. The van der Waals surface area contributed by atoms with Crippen molar-refractivity contribution in [2.75, 3.05) is 13.2 Å². The van der Waals surface area contributed by atoms with Crippen LogP contribution in [0.2, 0.25) is 0 Å². The highest BCUT2D eigenvalue weighted by Crippen LogP contribution is 2.16. The molecule has 0 aromatic heterocycles. The topological polar surface area (TPSA) is 78.9 Å². The monoisotopic (exact) mass is 1110 g/mol. The number of carbonyl (C=O) groups excluding carboxylic acids is 3. The summed E-state index contributed by atoms with van der Waals surface area (Å²) in [6.07, 6.45) is 92.6. The first-order valence-electron chi connectivity index (χ1n) is 33.9. The average molecular weight is 1110 g/mol. The molecule has 1 unspecified atom stereocenters. The van der Waals surface area contributed by atoms with Crippen LogP contribution in [0.5, 0.6) is 0 Å². The molecular formula is C74H126O6. The van der Waals surface area contributed by atoms with Crippen LogP contribution in [-0.2, 0) is 28.6 Å². The molecule has 0 fully saturated rings. The summed E-state index contributed by atoms with van der Waals surface area (Å²) < 4.78 is 16.9. The molecular weight excluding hydrogens is 985 g/mol. The van der Waals surface area contributed by atoms with E-state index in [0.29, 0.717) is 19.3 Å². The molecule has 0 aliphatic carbocycles. The van der Waals surface area contributed by atoms with E-state index < -0.39 is 6.10 Å². The van der Waals surface area contributed by atoms with Gasteiger partial charge in [0, 0.05) is 19.3 Å². The first-order valence-corrected chi connectivity index (χ1v) is 33.9. The van der Waals surface area contributed by atoms with Gasteiger partial charge in [0.05, 0.1) is 0 Å². The Bertz CT molecular complexity index is 1610. The quantitative estimate of drug-likeness (QED) is 0.0261. The molecule has 0 rings (SSSR count). The highest BCUT2D eigenvalue weighted by Gasteiger charge is 2.19. The van der Waals surface area contributed by atoms with E-state index in [2.05, 4.69) is 130 Å². The molecule has 6 nitrogen and oxygen atoms in total. The van der Waals surface area contributed by atoms with Gasteiger partial charge in [-0.2, -0.15) is 0 Å². The van der Waals surface area contributed by atoms with Crippen molar-refractivity contribution < 1.29 is 28.6 Å². The van der Waals surface area contributed by atoms with Crippen molar-refractivity contribution in [3.8, 4) is 0 Å². The van der Waals surface area contributed by atoms with Gasteiger partial charge in [-0.1, -0.05) is 291 Å². The third-order valence-corrected chi connectivity index (χ3v) is 14.5. The van der Waals surface area contributed by atoms with Gasteiger partial charge in [0.15, 0.2) is 6.10 Å². The van der Waals surface area contributed by atoms with Crippen LogP contribution in [0.4, 0.5) is 0 Å². The van der Waals surface area contributed by atoms with Crippen molar-refractivity contribution in [2.24, 2.45) is 0 Å². The summed E-state index contributed by atoms with van der Waals surface area (Å²) in [5.74, 6) is -0.893. The second-order valence-corrected chi connectivity index (χ2v) is 22.3. The first kappa shape index (κ1) is 76.1. The fraction of sp³-hybridized carbons (Fsp3) is 0.716. The van der Waals surface area contributed by atoms with Crippen LogP contribution in [0, 0.1) is 0 Å². The number of esters is 3. The highest BCUT2D eigenvalue weighted by molar-refractivity contribution is 5.71. The minimum absolute atomic E-state index is 0.0839. The Kier molecular flexibility index (Phi) is 64.3.